The van der Waals surface area contributed by atoms with Gasteiger partial charge in [0.15, 0.2) is 11.6 Å². The zero-order valence-corrected chi connectivity index (χ0v) is 12.9. The van der Waals surface area contributed by atoms with Crippen molar-refractivity contribution in [2.24, 2.45) is 5.73 Å². The number of halogens is 1. The number of benzene rings is 2. The van der Waals surface area contributed by atoms with Gasteiger partial charge in [0, 0.05) is 25.0 Å². The normalized spacial score (nSPS) is 21.6. The summed E-state index contributed by atoms with van der Waals surface area (Å²) < 4.78 is 13.7. The standard InChI is InChI=1S/C18H21FN2O/c1-11-3-5-13-14(7-11)17(9-20)21(2)10-15(13)12-4-6-18(22)16(19)8-12/h3-8,15,17,22H,9-10,20H2,1-2H3. The van der Waals surface area contributed by atoms with Gasteiger partial charge in [-0.25, -0.2) is 4.39 Å². The van der Waals surface area contributed by atoms with Crippen molar-refractivity contribution < 1.29 is 9.50 Å². The summed E-state index contributed by atoms with van der Waals surface area (Å²) in [6, 6.07) is 11.2. The molecule has 3 rings (SSSR count). The van der Waals surface area contributed by atoms with Crippen LogP contribution in [-0.2, 0) is 0 Å². The van der Waals surface area contributed by atoms with Crippen LogP contribution in [-0.4, -0.2) is 30.1 Å². The van der Waals surface area contributed by atoms with Gasteiger partial charge >= 0.3 is 0 Å². The third-order valence-corrected chi connectivity index (χ3v) is 4.58. The third kappa shape index (κ3) is 2.49. The van der Waals surface area contributed by atoms with E-state index in [9.17, 15) is 9.50 Å². The number of aryl methyl sites for hydroxylation is 1. The molecule has 0 fully saturated rings. The first-order valence-electron chi connectivity index (χ1n) is 7.50. The molecule has 3 nitrogen and oxygen atoms in total. The lowest BCUT2D eigenvalue weighted by atomic mass is 9.81. The van der Waals surface area contributed by atoms with Crippen LogP contribution in [0, 0.1) is 12.7 Å². The lowest BCUT2D eigenvalue weighted by Crippen LogP contribution is -2.39. The summed E-state index contributed by atoms with van der Waals surface area (Å²) in [4.78, 5) is 2.22. The summed E-state index contributed by atoms with van der Waals surface area (Å²) in [6.45, 7) is 3.41. The molecule has 2 aromatic carbocycles. The van der Waals surface area contributed by atoms with E-state index in [-0.39, 0.29) is 17.7 Å². The van der Waals surface area contributed by atoms with Crippen LogP contribution in [0.4, 0.5) is 4.39 Å². The minimum absolute atomic E-state index is 0.0819. The zero-order valence-electron chi connectivity index (χ0n) is 12.9. The van der Waals surface area contributed by atoms with E-state index in [1.807, 2.05) is 7.05 Å². The molecule has 116 valence electrons. The first-order valence-corrected chi connectivity index (χ1v) is 7.50. The molecule has 0 bridgehead atoms. The molecule has 1 aliphatic rings. The Hall–Kier alpha value is -1.91. The molecule has 22 heavy (non-hydrogen) atoms. The highest BCUT2D eigenvalue weighted by atomic mass is 19.1. The number of rotatable bonds is 2. The maximum absolute atomic E-state index is 13.7. The van der Waals surface area contributed by atoms with Crippen LogP contribution >= 0.6 is 0 Å². The summed E-state index contributed by atoms with van der Waals surface area (Å²) in [5, 5.41) is 9.40. The number of likely N-dealkylation sites (N-methyl/N-ethyl adjacent to an activating group) is 1. The molecule has 3 N–H and O–H groups in total. The Labute approximate surface area is 130 Å². The number of hydrogen-bond acceptors (Lipinski definition) is 3. The van der Waals surface area contributed by atoms with E-state index < -0.39 is 5.82 Å². The molecule has 2 atom stereocenters. The van der Waals surface area contributed by atoms with Crippen LogP contribution < -0.4 is 5.73 Å². The van der Waals surface area contributed by atoms with Crippen molar-refractivity contribution in [1.82, 2.24) is 4.90 Å². The van der Waals surface area contributed by atoms with Gasteiger partial charge in [0.2, 0.25) is 0 Å². The van der Waals surface area contributed by atoms with Gasteiger partial charge in [0.25, 0.3) is 0 Å². The summed E-state index contributed by atoms with van der Waals surface area (Å²) in [5.74, 6) is -0.801. The van der Waals surface area contributed by atoms with Gasteiger partial charge in [-0.05, 0) is 42.8 Å². The number of hydrogen-bond donors (Lipinski definition) is 2. The van der Waals surface area contributed by atoms with Crippen LogP contribution in [0.5, 0.6) is 5.75 Å². The lowest BCUT2D eigenvalue weighted by Gasteiger charge is -2.39. The SMILES string of the molecule is Cc1ccc2c(c1)C(CN)N(C)CC2c1ccc(O)c(F)c1. The fourth-order valence-electron chi connectivity index (χ4n) is 3.38. The highest BCUT2D eigenvalue weighted by molar-refractivity contribution is 5.45. The van der Waals surface area contributed by atoms with Crippen molar-refractivity contribution in [2.45, 2.75) is 18.9 Å². The highest BCUT2D eigenvalue weighted by Crippen LogP contribution is 2.39. The quantitative estimate of drug-likeness (QED) is 0.896. The van der Waals surface area contributed by atoms with Crippen LogP contribution in [0.1, 0.15) is 34.2 Å². The lowest BCUT2D eigenvalue weighted by molar-refractivity contribution is 0.223. The van der Waals surface area contributed by atoms with Crippen molar-refractivity contribution in [1.29, 1.82) is 0 Å². The first-order chi connectivity index (χ1) is 10.5. The summed E-state index contributed by atoms with van der Waals surface area (Å²) >= 11 is 0. The van der Waals surface area contributed by atoms with Crippen molar-refractivity contribution in [3.63, 3.8) is 0 Å². The highest BCUT2D eigenvalue weighted by Gasteiger charge is 2.31. The van der Waals surface area contributed by atoms with Gasteiger partial charge in [0.1, 0.15) is 0 Å². The molecular weight excluding hydrogens is 279 g/mol. The average molecular weight is 300 g/mol. The second-order valence-corrected chi connectivity index (χ2v) is 6.09. The maximum Gasteiger partial charge on any atom is 0.165 e. The summed E-state index contributed by atoms with van der Waals surface area (Å²) in [5.41, 5.74) is 10.4. The molecule has 0 spiro atoms. The minimum Gasteiger partial charge on any atom is -0.505 e. The number of nitrogens with zero attached hydrogens (tertiary/aromatic N) is 1. The third-order valence-electron chi connectivity index (χ3n) is 4.58. The smallest absolute Gasteiger partial charge is 0.165 e. The van der Waals surface area contributed by atoms with Gasteiger partial charge in [-0.1, -0.05) is 29.8 Å². The predicted octanol–water partition coefficient (Wildman–Crippen LogP) is 2.92. The van der Waals surface area contributed by atoms with Crippen LogP contribution in [0.2, 0.25) is 0 Å². The molecule has 2 unspecified atom stereocenters. The van der Waals surface area contributed by atoms with E-state index in [1.165, 1.54) is 28.8 Å². The maximum atomic E-state index is 13.7. The Morgan fingerprint density at radius 2 is 2.00 bits per heavy atom. The molecule has 0 saturated carbocycles. The molecule has 0 radical (unpaired) electrons. The van der Waals surface area contributed by atoms with Crippen molar-refractivity contribution >= 4 is 0 Å². The molecule has 0 amide bonds. The fraction of sp³-hybridized carbons (Fsp3) is 0.333. The largest absolute Gasteiger partial charge is 0.505 e. The Balaban J connectivity index is 2.11. The topological polar surface area (TPSA) is 49.5 Å². The molecule has 0 saturated heterocycles. The number of fused-ring (bicyclic) bond motifs is 1. The molecule has 2 aromatic rings. The second-order valence-electron chi connectivity index (χ2n) is 6.09. The minimum atomic E-state index is -0.574. The average Bonchev–Trinajstić information content (AvgIpc) is 2.49. The Kier molecular flexibility index (Phi) is 3.89. The Morgan fingerprint density at radius 1 is 1.23 bits per heavy atom. The van der Waals surface area contributed by atoms with Gasteiger partial charge in [-0.2, -0.15) is 0 Å². The summed E-state index contributed by atoms with van der Waals surface area (Å²) in [6.07, 6.45) is 0. The molecule has 0 aromatic heterocycles. The Bertz CT molecular complexity index is 701. The molecule has 1 heterocycles. The number of nitrogens with two attached hydrogens (primary N) is 1. The van der Waals surface area contributed by atoms with E-state index in [2.05, 4.69) is 30.0 Å². The van der Waals surface area contributed by atoms with Crippen molar-refractivity contribution in [3.8, 4) is 5.75 Å². The second kappa shape index (κ2) is 5.71. The van der Waals surface area contributed by atoms with E-state index >= 15 is 0 Å². The zero-order chi connectivity index (χ0) is 15.9. The number of phenols is 1. The molecule has 0 aliphatic carbocycles. The van der Waals surface area contributed by atoms with Gasteiger partial charge in [-0.15, -0.1) is 0 Å². The van der Waals surface area contributed by atoms with Crippen LogP contribution in [0.25, 0.3) is 0 Å². The van der Waals surface area contributed by atoms with Gasteiger partial charge in [0.05, 0.1) is 0 Å². The van der Waals surface area contributed by atoms with Crippen LogP contribution in [0.3, 0.4) is 0 Å². The Morgan fingerprint density at radius 3 is 2.68 bits per heavy atom. The molecular formula is C18H21FN2O. The molecule has 1 aliphatic heterocycles. The first kappa shape index (κ1) is 15.0. The van der Waals surface area contributed by atoms with Crippen molar-refractivity contribution in [3.05, 3.63) is 64.5 Å². The van der Waals surface area contributed by atoms with E-state index in [1.54, 1.807) is 6.07 Å². The van der Waals surface area contributed by atoms with E-state index in [0.717, 1.165) is 12.1 Å². The van der Waals surface area contributed by atoms with Crippen LogP contribution in [0.15, 0.2) is 36.4 Å². The predicted molar refractivity (Wildman–Crippen MR) is 85.5 cm³/mol. The van der Waals surface area contributed by atoms with E-state index in [4.69, 9.17) is 5.73 Å². The number of aromatic hydroxyl groups is 1. The van der Waals surface area contributed by atoms with E-state index in [0.29, 0.717) is 6.54 Å². The molecule has 4 heteroatoms. The monoisotopic (exact) mass is 300 g/mol. The number of phenolic OH excluding ortho intramolecular Hbond substituents is 1. The van der Waals surface area contributed by atoms with Crippen molar-refractivity contribution in [2.75, 3.05) is 20.1 Å². The summed E-state index contributed by atoms with van der Waals surface area (Å²) in [7, 11) is 2.05. The van der Waals surface area contributed by atoms with Gasteiger partial charge < -0.3 is 10.8 Å². The van der Waals surface area contributed by atoms with Gasteiger partial charge in [-0.3, -0.25) is 4.90 Å². The fourth-order valence-corrected chi connectivity index (χ4v) is 3.38.